The molecule has 0 radical (unpaired) electrons. The second-order valence-corrected chi connectivity index (χ2v) is 6.06. The molecule has 0 atom stereocenters. The van der Waals surface area contributed by atoms with Gasteiger partial charge in [0.25, 0.3) is 0 Å². The van der Waals surface area contributed by atoms with Gasteiger partial charge in [-0.2, -0.15) is 0 Å². The van der Waals surface area contributed by atoms with Gasteiger partial charge in [-0.3, -0.25) is 0 Å². The molecule has 0 saturated heterocycles. The van der Waals surface area contributed by atoms with Crippen molar-refractivity contribution >= 4 is 52.6 Å². The molecule has 0 spiro atoms. The predicted octanol–water partition coefficient (Wildman–Crippen LogP) is 4.78. The van der Waals surface area contributed by atoms with Crippen LogP contribution in [0.2, 0.25) is 0 Å². The Hall–Kier alpha value is -1.82. The molecule has 5 nitrogen and oxygen atoms in total. The summed E-state index contributed by atoms with van der Waals surface area (Å²) in [5.74, 6) is 0.795. The zero-order chi connectivity index (χ0) is 17.6. The Bertz CT molecular complexity index is 856. The SMILES string of the molecule is CCN(CC)CCCNc1cc(OC)cc2nc3ccccc3nc12.Cl.Cl. The van der Waals surface area contributed by atoms with E-state index in [4.69, 9.17) is 14.7 Å². The fourth-order valence-electron chi connectivity index (χ4n) is 3.02. The molecule has 0 fully saturated rings. The highest BCUT2D eigenvalue weighted by molar-refractivity contribution is 5.94. The van der Waals surface area contributed by atoms with Gasteiger partial charge in [-0.15, -0.1) is 24.8 Å². The number of nitrogens with one attached hydrogen (secondary N) is 1. The Morgan fingerprint density at radius 3 is 2.26 bits per heavy atom. The van der Waals surface area contributed by atoms with Gasteiger partial charge in [0.15, 0.2) is 0 Å². The summed E-state index contributed by atoms with van der Waals surface area (Å²) in [6.07, 6.45) is 1.08. The number of hydrogen-bond donors (Lipinski definition) is 1. The Labute approximate surface area is 173 Å². The predicted molar refractivity (Wildman–Crippen MR) is 119 cm³/mol. The summed E-state index contributed by atoms with van der Waals surface area (Å²) in [6, 6.07) is 11.9. The molecule has 0 aliphatic rings. The number of ether oxygens (including phenoxy) is 1. The molecule has 0 aliphatic heterocycles. The highest BCUT2D eigenvalue weighted by Gasteiger charge is 2.09. The molecule has 0 saturated carbocycles. The van der Waals surface area contributed by atoms with E-state index in [1.54, 1.807) is 7.11 Å². The molecule has 1 aromatic heterocycles. The first-order valence-electron chi connectivity index (χ1n) is 8.96. The summed E-state index contributed by atoms with van der Waals surface area (Å²) < 4.78 is 5.44. The van der Waals surface area contributed by atoms with Gasteiger partial charge in [-0.05, 0) is 38.2 Å². The van der Waals surface area contributed by atoms with Crippen LogP contribution < -0.4 is 10.1 Å². The van der Waals surface area contributed by atoms with E-state index in [-0.39, 0.29) is 24.8 Å². The van der Waals surface area contributed by atoms with Gasteiger partial charge in [0.05, 0.1) is 29.3 Å². The Morgan fingerprint density at radius 1 is 0.963 bits per heavy atom. The van der Waals surface area contributed by atoms with Crippen LogP contribution in [0.25, 0.3) is 22.1 Å². The molecule has 1 heterocycles. The van der Waals surface area contributed by atoms with Crippen molar-refractivity contribution in [3.05, 3.63) is 36.4 Å². The Kier molecular flexibility index (Phi) is 9.56. The second-order valence-electron chi connectivity index (χ2n) is 6.06. The van der Waals surface area contributed by atoms with Crippen LogP contribution in [0, 0.1) is 0 Å². The number of rotatable bonds is 8. The lowest BCUT2D eigenvalue weighted by molar-refractivity contribution is 0.303. The van der Waals surface area contributed by atoms with Crippen molar-refractivity contribution in [2.24, 2.45) is 0 Å². The standard InChI is InChI=1S/C20H26N4O.2ClH/c1-4-24(5-2)12-8-11-21-18-13-15(25-3)14-19-20(18)23-17-10-7-6-9-16(17)22-19;;/h6-7,9-10,13-14,21H,4-5,8,11-12H2,1-3H3;2*1H. The fourth-order valence-corrected chi connectivity index (χ4v) is 3.02. The summed E-state index contributed by atoms with van der Waals surface area (Å²) in [5.41, 5.74) is 4.53. The summed E-state index contributed by atoms with van der Waals surface area (Å²) in [7, 11) is 1.68. The zero-order valence-corrected chi connectivity index (χ0v) is 17.7. The van der Waals surface area contributed by atoms with Crippen LogP contribution in [-0.4, -0.2) is 48.2 Å². The lowest BCUT2D eigenvalue weighted by Gasteiger charge is -2.18. The van der Waals surface area contributed by atoms with Crippen LogP contribution in [0.1, 0.15) is 20.3 Å². The molecule has 0 amide bonds. The smallest absolute Gasteiger partial charge is 0.123 e. The van der Waals surface area contributed by atoms with Crippen molar-refractivity contribution in [3.63, 3.8) is 0 Å². The Morgan fingerprint density at radius 2 is 1.63 bits per heavy atom. The number of hydrogen-bond acceptors (Lipinski definition) is 5. The first kappa shape index (κ1) is 23.2. The molecule has 1 N–H and O–H groups in total. The van der Waals surface area contributed by atoms with E-state index >= 15 is 0 Å². The maximum absolute atomic E-state index is 5.44. The minimum absolute atomic E-state index is 0. The van der Waals surface area contributed by atoms with Gasteiger partial charge in [-0.1, -0.05) is 26.0 Å². The average molecular weight is 411 g/mol. The van der Waals surface area contributed by atoms with E-state index in [0.29, 0.717) is 0 Å². The van der Waals surface area contributed by atoms with Gasteiger partial charge in [-0.25, -0.2) is 9.97 Å². The average Bonchev–Trinajstić information content (AvgIpc) is 2.66. The highest BCUT2D eigenvalue weighted by atomic mass is 35.5. The number of aromatic nitrogens is 2. The van der Waals surface area contributed by atoms with Crippen LogP contribution in [0.3, 0.4) is 0 Å². The van der Waals surface area contributed by atoms with Crippen molar-refractivity contribution in [1.29, 1.82) is 0 Å². The molecule has 7 heteroatoms. The molecule has 2 aromatic carbocycles. The number of halogens is 2. The molecule has 0 bridgehead atoms. The van der Waals surface area contributed by atoms with Gasteiger partial charge in [0, 0.05) is 18.7 Å². The van der Waals surface area contributed by atoms with Crippen LogP contribution >= 0.6 is 24.8 Å². The minimum atomic E-state index is 0. The largest absolute Gasteiger partial charge is 0.497 e. The minimum Gasteiger partial charge on any atom is -0.497 e. The van der Waals surface area contributed by atoms with Crippen LogP contribution in [0.5, 0.6) is 5.75 Å². The quantitative estimate of drug-likeness (QED) is 0.427. The molecular weight excluding hydrogens is 383 g/mol. The van der Waals surface area contributed by atoms with Crippen LogP contribution in [0.15, 0.2) is 36.4 Å². The number of methoxy groups -OCH3 is 1. The van der Waals surface area contributed by atoms with E-state index < -0.39 is 0 Å². The topological polar surface area (TPSA) is 50.3 Å². The lowest BCUT2D eigenvalue weighted by atomic mass is 10.2. The lowest BCUT2D eigenvalue weighted by Crippen LogP contribution is -2.25. The summed E-state index contributed by atoms with van der Waals surface area (Å²) in [6.45, 7) is 8.58. The number of anilines is 1. The van der Waals surface area contributed by atoms with Gasteiger partial charge >= 0.3 is 0 Å². The van der Waals surface area contributed by atoms with Crippen LogP contribution in [-0.2, 0) is 0 Å². The fraction of sp³-hybridized carbons (Fsp3) is 0.400. The number of benzene rings is 2. The van der Waals surface area contributed by atoms with Crippen molar-refractivity contribution in [2.45, 2.75) is 20.3 Å². The Balaban J connectivity index is 0.00000182. The summed E-state index contributed by atoms with van der Waals surface area (Å²) in [4.78, 5) is 12.0. The zero-order valence-electron chi connectivity index (χ0n) is 16.1. The van der Waals surface area contributed by atoms with E-state index in [9.17, 15) is 0 Å². The van der Waals surface area contributed by atoms with E-state index in [1.807, 2.05) is 36.4 Å². The van der Waals surface area contributed by atoms with E-state index in [0.717, 1.165) is 66.1 Å². The molecule has 27 heavy (non-hydrogen) atoms. The third-order valence-corrected chi connectivity index (χ3v) is 4.51. The van der Waals surface area contributed by atoms with Crippen molar-refractivity contribution < 1.29 is 4.74 Å². The van der Waals surface area contributed by atoms with Crippen molar-refractivity contribution in [1.82, 2.24) is 14.9 Å². The number of nitrogens with zero attached hydrogens (tertiary/aromatic N) is 3. The number of fused-ring (bicyclic) bond motifs is 2. The molecule has 0 aliphatic carbocycles. The normalized spacial score (nSPS) is 10.5. The monoisotopic (exact) mass is 410 g/mol. The maximum Gasteiger partial charge on any atom is 0.123 e. The van der Waals surface area contributed by atoms with E-state index in [2.05, 4.69) is 24.1 Å². The third kappa shape index (κ3) is 5.58. The van der Waals surface area contributed by atoms with Crippen molar-refractivity contribution in [3.8, 4) is 5.75 Å². The van der Waals surface area contributed by atoms with Crippen molar-refractivity contribution in [2.75, 3.05) is 38.6 Å². The third-order valence-electron chi connectivity index (χ3n) is 4.51. The van der Waals surface area contributed by atoms with Gasteiger partial charge < -0.3 is 15.0 Å². The maximum atomic E-state index is 5.44. The first-order chi connectivity index (χ1) is 12.2. The number of para-hydroxylation sites is 2. The molecule has 148 valence electrons. The van der Waals surface area contributed by atoms with Gasteiger partial charge in [0.1, 0.15) is 11.3 Å². The molecule has 0 unspecified atom stereocenters. The molecule has 3 rings (SSSR count). The first-order valence-corrected chi connectivity index (χ1v) is 8.96. The highest BCUT2D eigenvalue weighted by Crippen LogP contribution is 2.28. The second kappa shape index (κ2) is 11.1. The molecule has 3 aromatic rings. The van der Waals surface area contributed by atoms with E-state index in [1.165, 1.54) is 0 Å². The molecular formula is C20H28Cl2N4O. The summed E-state index contributed by atoms with van der Waals surface area (Å²) in [5, 5.41) is 3.52. The van der Waals surface area contributed by atoms with Crippen LogP contribution in [0.4, 0.5) is 5.69 Å². The summed E-state index contributed by atoms with van der Waals surface area (Å²) >= 11 is 0. The van der Waals surface area contributed by atoms with Gasteiger partial charge in [0.2, 0.25) is 0 Å².